The first kappa shape index (κ1) is 18.0. The normalized spacial score (nSPS) is 15.0. The van der Waals surface area contributed by atoms with Crippen LogP contribution in [0.3, 0.4) is 0 Å². The van der Waals surface area contributed by atoms with Crippen molar-refractivity contribution in [1.29, 1.82) is 0 Å². The number of carbonyl (C=O) groups excluding carboxylic acids is 1. The number of ether oxygens (including phenoxy) is 1. The van der Waals surface area contributed by atoms with E-state index in [9.17, 15) is 18.0 Å². The van der Waals surface area contributed by atoms with Crippen molar-refractivity contribution in [1.82, 2.24) is 9.88 Å². The SMILES string of the molecule is O=C(Cc1cccc(OC(F)(F)F)c1)N1CCN(c2ccncc2)CC1. The molecule has 0 unspecified atom stereocenters. The van der Waals surface area contributed by atoms with Gasteiger partial charge >= 0.3 is 6.36 Å². The summed E-state index contributed by atoms with van der Waals surface area (Å²) in [6.07, 6.45) is -1.25. The van der Waals surface area contributed by atoms with Gasteiger partial charge in [0.25, 0.3) is 0 Å². The average Bonchev–Trinajstić information content (AvgIpc) is 2.61. The van der Waals surface area contributed by atoms with Crippen molar-refractivity contribution in [2.45, 2.75) is 12.8 Å². The van der Waals surface area contributed by atoms with Gasteiger partial charge in [0.2, 0.25) is 5.91 Å². The third-order valence-electron chi connectivity index (χ3n) is 4.15. The van der Waals surface area contributed by atoms with Crippen LogP contribution in [-0.4, -0.2) is 48.3 Å². The monoisotopic (exact) mass is 365 g/mol. The third-order valence-corrected chi connectivity index (χ3v) is 4.15. The minimum absolute atomic E-state index is 0.0459. The highest BCUT2D eigenvalue weighted by molar-refractivity contribution is 5.79. The molecule has 1 saturated heterocycles. The number of benzene rings is 1. The molecule has 0 aliphatic carbocycles. The minimum atomic E-state index is -4.74. The maximum Gasteiger partial charge on any atom is 0.573 e. The zero-order valence-electron chi connectivity index (χ0n) is 13.9. The summed E-state index contributed by atoms with van der Waals surface area (Å²) >= 11 is 0. The van der Waals surface area contributed by atoms with E-state index in [0.717, 1.165) is 5.69 Å². The first-order valence-corrected chi connectivity index (χ1v) is 8.18. The van der Waals surface area contributed by atoms with Gasteiger partial charge in [0.15, 0.2) is 0 Å². The number of halogens is 3. The second-order valence-electron chi connectivity index (χ2n) is 5.95. The lowest BCUT2D eigenvalue weighted by molar-refractivity contribution is -0.274. The first-order valence-electron chi connectivity index (χ1n) is 8.18. The number of hydrogen-bond acceptors (Lipinski definition) is 4. The first-order chi connectivity index (χ1) is 12.4. The molecule has 2 aromatic rings. The number of carbonyl (C=O) groups is 1. The maximum atomic E-state index is 12.4. The van der Waals surface area contributed by atoms with Crippen LogP contribution in [0.2, 0.25) is 0 Å². The Morgan fingerprint density at radius 1 is 1.08 bits per heavy atom. The molecule has 1 fully saturated rings. The van der Waals surface area contributed by atoms with Crippen LogP contribution in [0.5, 0.6) is 5.75 Å². The molecule has 5 nitrogen and oxygen atoms in total. The summed E-state index contributed by atoms with van der Waals surface area (Å²) in [6, 6.07) is 9.38. The Balaban J connectivity index is 1.55. The number of alkyl halides is 3. The van der Waals surface area contributed by atoms with Crippen LogP contribution in [0.15, 0.2) is 48.8 Å². The van der Waals surface area contributed by atoms with E-state index in [1.54, 1.807) is 23.4 Å². The maximum absolute atomic E-state index is 12.4. The molecule has 8 heteroatoms. The Kier molecular flexibility index (Phi) is 5.29. The van der Waals surface area contributed by atoms with Crippen LogP contribution in [0.4, 0.5) is 18.9 Å². The van der Waals surface area contributed by atoms with E-state index < -0.39 is 6.36 Å². The highest BCUT2D eigenvalue weighted by Gasteiger charge is 2.31. The Hall–Kier alpha value is -2.77. The number of anilines is 1. The van der Waals surface area contributed by atoms with Gasteiger partial charge in [-0.25, -0.2) is 0 Å². The number of amides is 1. The Morgan fingerprint density at radius 2 is 1.77 bits per heavy atom. The summed E-state index contributed by atoms with van der Waals surface area (Å²) in [6.45, 7) is 2.54. The molecule has 26 heavy (non-hydrogen) atoms. The molecule has 1 amide bonds. The van der Waals surface area contributed by atoms with Gasteiger partial charge in [-0.2, -0.15) is 0 Å². The van der Waals surface area contributed by atoms with E-state index in [2.05, 4.69) is 14.6 Å². The topological polar surface area (TPSA) is 45.7 Å². The third kappa shape index (κ3) is 4.87. The van der Waals surface area contributed by atoms with Gasteiger partial charge in [0.1, 0.15) is 5.75 Å². The molecule has 0 saturated carbocycles. The molecule has 1 aliphatic rings. The predicted molar refractivity (Wildman–Crippen MR) is 89.9 cm³/mol. The summed E-state index contributed by atoms with van der Waals surface area (Å²) in [5.74, 6) is -0.422. The molecule has 0 radical (unpaired) electrons. The van der Waals surface area contributed by atoms with Crippen molar-refractivity contribution in [2.75, 3.05) is 31.1 Å². The number of pyridine rings is 1. The van der Waals surface area contributed by atoms with Crippen LogP contribution >= 0.6 is 0 Å². The Labute approximate surface area is 149 Å². The molecule has 0 bridgehead atoms. The van der Waals surface area contributed by atoms with Crippen LogP contribution in [0, 0.1) is 0 Å². The number of hydrogen-bond donors (Lipinski definition) is 0. The van der Waals surface area contributed by atoms with Gasteiger partial charge in [0.05, 0.1) is 6.42 Å². The smallest absolute Gasteiger partial charge is 0.406 e. The van der Waals surface area contributed by atoms with Crippen LogP contribution in [0.25, 0.3) is 0 Å². The standard InChI is InChI=1S/C18H18F3N3O2/c19-18(20,21)26-16-3-1-2-14(12-16)13-17(25)24-10-8-23(9-11-24)15-4-6-22-7-5-15/h1-7,12H,8-11,13H2. The molecule has 0 atom stereocenters. The molecule has 0 spiro atoms. The highest BCUT2D eigenvalue weighted by Crippen LogP contribution is 2.24. The summed E-state index contributed by atoms with van der Waals surface area (Å²) in [7, 11) is 0. The van der Waals surface area contributed by atoms with Crippen LogP contribution in [0.1, 0.15) is 5.56 Å². The van der Waals surface area contributed by atoms with Gasteiger partial charge in [-0.3, -0.25) is 9.78 Å². The lowest BCUT2D eigenvalue weighted by Crippen LogP contribution is -2.49. The van der Waals surface area contributed by atoms with Crippen molar-refractivity contribution in [3.8, 4) is 5.75 Å². The van der Waals surface area contributed by atoms with Crippen molar-refractivity contribution in [3.05, 3.63) is 54.4 Å². The molecular formula is C18H18F3N3O2. The van der Waals surface area contributed by atoms with E-state index in [1.165, 1.54) is 18.2 Å². The lowest BCUT2D eigenvalue weighted by Gasteiger charge is -2.36. The molecule has 2 heterocycles. The molecule has 1 aromatic heterocycles. The van der Waals surface area contributed by atoms with E-state index in [0.29, 0.717) is 31.7 Å². The molecule has 138 valence electrons. The van der Waals surface area contributed by atoms with Gasteiger partial charge in [-0.15, -0.1) is 13.2 Å². The van der Waals surface area contributed by atoms with Gasteiger partial charge in [-0.1, -0.05) is 12.1 Å². The predicted octanol–water partition coefficient (Wildman–Crippen LogP) is 2.87. The Morgan fingerprint density at radius 3 is 2.42 bits per heavy atom. The summed E-state index contributed by atoms with van der Waals surface area (Å²) in [5, 5.41) is 0. The fourth-order valence-electron chi connectivity index (χ4n) is 2.91. The molecular weight excluding hydrogens is 347 g/mol. The number of nitrogens with zero attached hydrogens (tertiary/aromatic N) is 3. The number of aromatic nitrogens is 1. The minimum Gasteiger partial charge on any atom is -0.406 e. The summed E-state index contributed by atoms with van der Waals surface area (Å²) < 4.78 is 40.8. The van der Waals surface area contributed by atoms with Crippen molar-refractivity contribution >= 4 is 11.6 Å². The molecule has 0 N–H and O–H groups in total. The van der Waals surface area contributed by atoms with Crippen LogP contribution < -0.4 is 9.64 Å². The van der Waals surface area contributed by atoms with Crippen molar-refractivity contribution in [2.24, 2.45) is 0 Å². The van der Waals surface area contributed by atoms with E-state index in [4.69, 9.17) is 0 Å². The molecule has 1 aromatic carbocycles. The zero-order chi connectivity index (χ0) is 18.6. The summed E-state index contributed by atoms with van der Waals surface area (Å²) in [5.41, 5.74) is 1.55. The quantitative estimate of drug-likeness (QED) is 0.836. The largest absolute Gasteiger partial charge is 0.573 e. The molecule has 3 rings (SSSR count). The van der Waals surface area contributed by atoms with Crippen LogP contribution in [-0.2, 0) is 11.2 Å². The van der Waals surface area contributed by atoms with Crippen molar-refractivity contribution < 1.29 is 22.7 Å². The van der Waals surface area contributed by atoms with Gasteiger partial charge in [-0.05, 0) is 29.8 Å². The highest BCUT2D eigenvalue weighted by atomic mass is 19.4. The number of rotatable bonds is 4. The summed E-state index contributed by atoms with van der Waals surface area (Å²) in [4.78, 5) is 20.3. The number of piperazine rings is 1. The van der Waals surface area contributed by atoms with Gasteiger partial charge in [0, 0.05) is 44.3 Å². The zero-order valence-corrected chi connectivity index (χ0v) is 13.9. The second kappa shape index (κ2) is 7.63. The van der Waals surface area contributed by atoms with E-state index >= 15 is 0 Å². The lowest BCUT2D eigenvalue weighted by atomic mass is 10.1. The van der Waals surface area contributed by atoms with E-state index in [1.807, 2.05) is 12.1 Å². The fraction of sp³-hybridized carbons (Fsp3) is 0.333. The molecule has 1 aliphatic heterocycles. The van der Waals surface area contributed by atoms with Crippen molar-refractivity contribution in [3.63, 3.8) is 0 Å². The average molecular weight is 365 g/mol. The fourth-order valence-corrected chi connectivity index (χ4v) is 2.91. The Bertz CT molecular complexity index is 745. The van der Waals surface area contributed by atoms with E-state index in [-0.39, 0.29) is 18.1 Å². The second-order valence-corrected chi connectivity index (χ2v) is 5.95. The van der Waals surface area contributed by atoms with Gasteiger partial charge < -0.3 is 14.5 Å².